The van der Waals surface area contributed by atoms with Gasteiger partial charge < -0.3 is 19.5 Å². The number of aromatic nitrogens is 3. The maximum Gasteiger partial charge on any atom is 0.338 e. The lowest BCUT2D eigenvalue weighted by Crippen LogP contribution is -2.30. The number of fused-ring (bicyclic) bond motifs is 1. The number of esters is 1. The summed E-state index contributed by atoms with van der Waals surface area (Å²) in [5.74, 6) is 2.35. The number of hydrogen-bond donors (Lipinski definition) is 1. The fraction of sp³-hybridized carbons (Fsp3) is 0.542. The summed E-state index contributed by atoms with van der Waals surface area (Å²) in [5, 5.41) is 8.69. The lowest BCUT2D eigenvalue weighted by Gasteiger charge is -2.28. The quantitative estimate of drug-likeness (QED) is 0.195. The van der Waals surface area contributed by atoms with E-state index in [1.54, 1.807) is 23.6 Å². The van der Waals surface area contributed by atoms with Crippen LogP contribution in [0.15, 0.2) is 33.0 Å². The highest BCUT2D eigenvalue weighted by molar-refractivity contribution is 9.10. The molecule has 34 heavy (non-hydrogen) atoms. The van der Waals surface area contributed by atoms with Crippen LogP contribution in [0, 0.1) is 0 Å². The molecule has 1 atom stereocenters. The largest absolute Gasteiger partial charge is 0.493 e. The number of ether oxygens (including phenoxy) is 3. The molecule has 1 N–H and O–H groups in total. The molecule has 186 valence electrons. The molecule has 0 radical (unpaired) electrons. The van der Waals surface area contributed by atoms with Crippen LogP contribution in [0.2, 0.25) is 0 Å². The summed E-state index contributed by atoms with van der Waals surface area (Å²) in [6, 6.07) is 3.29. The first kappa shape index (κ1) is 26.4. The molecule has 0 spiro atoms. The first-order valence-corrected chi connectivity index (χ1v) is 13.5. The molecule has 0 aliphatic carbocycles. The van der Waals surface area contributed by atoms with Gasteiger partial charge in [0.25, 0.3) is 0 Å². The van der Waals surface area contributed by atoms with Crippen LogP contribution in [-0.2, 0) is 9.53 Å². The predicted octanol–water partition coefficient (Wildman–Crippen LogP) is 5.97. The maximum absolute atomic E-state index is 13.2. The second kappa shape index (κ2) is 12.5. The van der Waals surface area contributed by atoms with Crippen LogP contribution in [0.3, 0.4) is 0 Å². The molecule has 8 nitrogen and oxygen atoms in total. The van der Waals surface area contributed by atoms with Gasteiger partial charge in [0.1, 0.15) is 6.04 Å². The number of carbonyl (C=O) groups excluding carboxylic acids is 1. The number of unbranched alkanes of at least 4 members (excludes halogenated alkanes) is 2. The van der Waals surface area contributed by atoms with Gasteiger partial charge in [-0.05, 0) is 60.3 Å². The van der Waals surface area contributed by atoms with Crippen LogP contribution in [0.25, 0.3) is 0 Å². The van der Waals surface area contributed by atoms with Gasteiger partial charge in [0.2, 0.25) is 11.1 Å². The van der Waals surface area contributed by atoms with Gasteiger partial charge in [-0.25, -0.2) is 9.48 Å². The number of thioether (sulfide) groups is 1. The molecule has 3 rings (SSSR count). The highest BCUT2D eigenvalue weighted by Gasteiger charge is 2.36. The van der Waals surface area contributed by atoms with Crippen LogP contribution in [0.4, 0.5) is 5.95 Å². The van der Waals surface area contributed by atoms with Crippen molar-refractivity contribution >= 4 is 39.6 Å². The third-order valence-corrected chi connectivity index (χ3v) is 6.88. The summed E-state index contributed by atoms with van der Waals surface area (Å²) >= 11 is 5.23. The Labute approximate surface area is 214 Å². The van der Waals surface area contributed by atoms with E-state index in [-0.39, 0.29) is 5.97 Å². The van der Waals surface area contributed by atoms with E-state index in [9.17, 15) is 4.79 Å². The third kappa shape index (κ3) is 5.89. The van der Waals surface area contributed by atoms with Crippen molar-refractivity contribution in [3.05, 3.63) is 33.4 Å². The molecule has 1 aromatic heterocycles. The second-order valence-corrected chi connectivity index (χ2v) is 9.80. The molecule has 0 bridgehead atoms. The van der Waals surface area contributed by atoms with Crippen molar-refractivity contribution in [1.82, 2.24) is 14.8 Å². The Balaban J connectivity index is 2.09. The summed E-state index contributed by atoms with van der Waals surface area (Å²) in [6.07, 6.45) is 3.95. The Morgan fingerprint density at radius 2 is 2.00 bits per heavy atom. The van der Waals surface area contributed by atoms with Gasteiger partial charge in [-0.3, -0.25) is 0 Å². The highest BCUT2D eigenvalue weighted by atomic mass is 79.9. The van der Waals surface area contributed by atoms with Crippen molar-refractivity contribution < 1.29 is 19.0 Å². The number of nitrogens with one attached hydrogen (secondary N) is 1. The number of halogens is 1. The maximum atomic E-state index is 13.2. The van der Waals surface area contributed by atoms with E-state index in [4.69, 9.17) is 19.3 Å². The molecule has 2 heterocycles. The molecule has 0 saturated heterocycles. The minimum atomic E-state index is -0.528. The first-order chi connectivity index (χ1) is 16.4. The average molecular weight is 554 g/mol. The lowest BCUT2D eigenvalue weighted by molar-refractivity contribution is -0.139. The number of benzene rings is 1. The van der Waals surface area contributed by atoms with E-state index in [1.807, 2.05) is 26.0 Å². The van der Waals surface area contributed by atoms with Crippen LogP contribution in [0.5, 0.6) is 11.5 Å². The van der Waals surface area contributed by atoms with Crippen molar-refractivity contribution in [2.45, 2.75) is 64.6 Å². The number of hydrogen-bond acceptors (Lipinski definition) is 8. The summed E-state index contributed by atoms with van der Waals surface area (Å²) in [6.45, 7) is 8.88. The molecule has 0 amide bonds. The number of carbonyl (C=O) groups is 1. The number of nitrogens with zero attached hydrogens (tertiary/aromatic N) is 3. The minimum Gasteiger partial charge on any atom is -0.493 e. The van der Waals surface area contributed by atoms with E-state index in [0.717, 1.165) is 41.5 Å². The molecule has 1 aliphatic heterocycles. The zero-order valence-electron chi connectivity index (χ0n) is 20.4. The zero-order chi connectivity index (χ0) is 24.7. The topological polar surface area (TPSA) is 87.5 Å². The summed E-state index contributed by atoms with van der Waals surface area (Å²) in [4.78, 5) is 17.9. The molecule has 0 fully saturated rings. The molecule has 1 unspecified atom stereocenters. The molecule has 2 aromatic rings. The van der Waals surface area contributed by atoms with Gasteiger partial charge in [-0.15, -0.1) is 5.10 Å². The Hall–Kier alpha value is -2.20. The Kier molecular flexibility index (Phi) is 9.70. The average Bonchev–Trinajstić information content (AvgIpc) is 3.21. The van der Waals surface area contributed by atoms with Gasteiger partial charge in [-0.1, -0.05) is 38.5 Å². The molecular weight excluding hydrogens is 520 g/mol. The minimum absolute atomic E-state index is 0.367. The summed E-state index contributed by atoms with van der Waals surface area (Å²) < 4.78 is 19.5. The molecular formula is C24H33BrN4O4S. The molecule has 1 aromatic carbocycles. The Morgan fingerprint density at radius 3 is 2.68 bits per heavy atom. The van der Waals surface area contributed by atoms with E-state index in [2.05, 4.69) is 40.1 Å². The van der Waals surface area contributed by atoms with Gasteiger partial charge >= 0.3 is 5.97 Å². The molecule has 0 saturated carbocycles. The van der Waals surface area contributed by atoms with Gasteiger partial charge in [0, 0.05) is 11.4 Å². The van der Waals surface area contributed by atoms with Crippen LogP contribution >= 0.6 is 27.7 Å². The van der Waals surface area contributed by atoms with Crippen molar-refractivity contribution in [2.24, 2.45) is 0 Å². The van der Waals surface area contributed by atoms with Crippen LogP contribution < -0.4 is 14.8 Å². The first-order valence-electron chi connectivity index (χ1n) is 11.7. The van der Waals surface area contributed by atoms with Crippen molar-refractivity contribution in [3.63, 3.8) is 0 Å². The van der Waals surface area contributed by atoms with E-state index >= 15 is 0 Å². The van der Waals surface area contributed by atoms with Crippen LogP contribution in [0.1, 0.15) is 65.0 Å². The number of methoxy groups -OCH3 is 1. The standard InChI is InChI=1S/C24H33BrN4O4S/c1-6-9-11-33-22(30)19-15(4)26-23-27-24(34-12-10-7-2)28-29(23)20(19)16-13-17(25)21(32-8-3)18(14-16)31-5/h13-14,20H,6-12H2,1-5H3,(H,26,27,28). The van der Waals surface area contributed by atoms with Crippen LogP contribution in [-0.4, -0.2) is 46.8 Å². The SMILES string of the molecule is CCCCOC(=O)C1=C(C)Nc2nc(SCCCC)nn2C1c1cc(Br)c(OCC)c(OC)c1. The van der Waals surface area contributed by atoms with Gasteiger partial charge in [0.05, 0.1) is 30.4 Å². The number of allylic oxidation sites excluding steroid dienone is 1. The Bertz CT molecular complexity index is 1040. The lowest BCUT2D eigenvalue weighted by atomic mass is 9.95. The fourth-order valence-corrected chi connectivity index (χ4v) is 5.13. The summed E-state index contributed by atoms with van der Waals surface area (Å²) in [7, 11) is 1.60. The molecule has 10 heteroatoms. The summed E-state index contributed by atoms with van der Waals surface area (Å²) in [5.41, 5.74) is 2.00. The normalized spacial score (nSPS) is 15.1. The predicted molar refractivity (Wildman–Crippen MR) is 138 cm³/mol. The van der Waals surface area contributed by atoms with Gasteiger partial charge in [-0.2, -0.15) is 4.98 Å². The van der Waals surface area contributed by atoms with E-state index < -0.39 is 6.04 Å². The van der Waals surface area contributed by atoms with Crippen molar-refractivity contribution in [3.8, 4) is 11.5 Å². The van der Waals surface area contributed by atoms with E-state index in [1.165, 1.54) is 0 Å². The molecule has 1 aliphatic rings. The van der Waals surface area contributed by atoms with Gasteiger partial charge in [0.15, 0.2) is 11.5 Å². The highest BCUT2D eigenvalue weighted by Crippen LogP contribution is 2.43. The van der Waals surface area contributed by atoms with E-state index in [0.29, 0.717) is 47.1 Å². The fourth-order valence-electron chi connectivity index (χ4n) is 3.64. The number of anilines is 1. The monoisotopic (exact) mass is 552 g/mol. The third-order valence-electron chi connectivity index (χ3n) is 5.37. The zero-order valence-corrected chi connectivity index (χ0v) is 22.8. The number of rotatable bonds is 12. The second-order valence-electron chi connectivity index (χ2n) is 7.89. The van der Waals surface area contributed by atoms with Crippen molar-refractivity contribution in [1.29, 1.82) is 0 Å². The smallest absolute Gasteiger partial charge is 0.338 e. The Morgan fingerprint density at radius 1 is 1.24 bits per heavy atom. The van der Waals surface area contributed by atoms with Crippen molar-refractivity contribution in [2.75, 3.05) is 31.4 Å².